The summed E-state index contributed by atoms with van der Waals surface area (Å²) in [5.74, 6) is -1.03. The molecule has 0 aliphatic carbocycles. The minimum Gasteiger partial charge on any atom is -0.372 e. The number of anilines is 1. The summed E-state index contributed by atoms with van der Waals surface area (Å²) < 4.78 is 36.0. The highest BCUT2D eigenvalue weighted by atomic mass is 35.6. The van der Waals surface area contributed by atoms with E-state index in [9.17, 15) is 38.2 Å². The van der Waals surface area contributed by atoms with Crippen molar-refractivity contribution in [2.45, 2.75) is 9.97 Å². The van der Waals surface area contributed by atoms with Gasteiger partial charge in [0.05, 0.1) is 15.4 Å². The van der Waals surface area contributed by atoms with Gasteiger partial charge in [0.15, 0.2) is 5.69 Å². The number of benzene rings is 1. The molecule has 0 saturated carbocycles. The Morgan fingerprint density at radius 1 is 1.04 bits per heavy atom. The Morgan fingerprint density at radius 2 is 1.50 bits per heavy atom. The molecule has 0 spiro atoms. The Kier molecular flexibility index (Phi) is 6.85. The van der Waals surface area contributed by atoms with Gasteiger partial charge in [0.25, 0.3) is 21.1 Å². The monoisotopic (exact) mass is 438 g/mol. The zero-order valence-corrected chi connectivity index (χ0v) is 14.5. The Balaban J connectivity index is 3.11. The van der Waals surface area contributed by atoms with Crippen LogP contribution in [0, 0.1) is 20.2 Å². The number of carbonyl (C=O) groups excluding carboxylic acids is 1. The highest BCUT2D eigenvalue weighted by Crippen LogP contribution is 2.41. The second-order valence-corrected chi connectivity index (χ2v) is 6.86. The molecule has 26 heavy (non-hydrogen) atoms. The van der Waals surface area contributed by atoms with Crippen molar-refractivity contribution in [3.63, 3.8) is 0 Å². The van der Waals surface area contributed by atoms with E-state index in [1.165, 1.54) is 0 Å². The van der Waals surface area contributed by atoms with Gasteiger partial charge in [0, 0.05) is 25.2 Å². The van der Waals surface area contributed by atoms with Crippen molar-refractivity contribution >= 4 is 57.8 Å². The van der Waals surface area contributed by atoms with Gasteiger partial charge >= 0.3 is 6.18 Å². The fraction of sp³-hybridized carbons (Fsp3) is 0.364. The van der Waals surface area contributed by atoms with Crippen LogP contribution < -0.4 is 10.6 Å². The van der Waals surface area contributed by atoms with Gasteiger partial charge in [-0.25, -0.2) is 0 Å². The third-order valence-electron chi connectivity index (χ3n) is 2.79. The molecule has 9 nitrogen and oxygen atoms in total. The zero-order valence-electron chi connectivity index (χ0n) is 12.3. The fourth-order valence-corrected chi connectivity index (χ4v) is 1.91. The van der Waals surface area contributed by atoms with E-state index in [1.54, 1.807) is 0 Å². The molecule has 1 aromatic rings. The van der Waals surface area contributed by atoms with E-state index in [1.807, 2.05) is 0 Å². The smallest absolute Gasteiger partial charge is 0.372 e. The molecule has 2 N–H and O–H groups in total. The van der Waals surface area contributed by atoms with Crippen LogP contribution in [-0.2, 0) is 11.0 Å². The number of nitro benzene ring substituents is 2. The van der Waals surface area contributed by atoms with Crippen molar-refractivity contribution in [2.75, 3.05) is 18.4 Å². The van der Waals surface area contributed by atoms with Gasteiger partial charge in [-0.05, 0) is 0 Å². The molecule has 1 aromatic carbocycles. The van der Waals surface area contributed by atoms with Gasteiger partial charge in [0.2, 0.25) is 0 Å². The number of alkyl halides is 6. The normalized spacial score (nSPS) is 11.8. The third kappa shape index (κ3) is 5.75. The van der Waals surface area contributed by atoms with Gasteiger partial charge in [-0.2, -0.15) is 13.2 Å². The lowest BCUT2D eigenvalue weighted by atomic mass is 10.1. The van der Waals surface area contributed by atoms with Crippen LogP contribution in [0.3, 0.4) is 0 Å². The van der Waals surface area contributed by atoms with Crippen molar-refractivity contribution in [3.05, 3.63) is 37.9 Å². The Labute approximate surface area is 157 Å². The van der Waals surface area contributed by atoms with E-state index in [-0.39, 0.29) is 25.2 Å². The van der Waals surface area contributed by atoms with Gasteiger partial charge in [-0.3, -0.25) is 25.0 Å². The molecule has 0 saturated heterocycles. The van der Waals surface area contributed by atoms with Crippen LogP contribution in [-0.4, -0.2) is 32.6 Å². The van der Waals surface area contributed by atoms with Crippen LogP contribution in [0.1, 0.15) is 5.56 Å². The highest BCUT2D eigenvalue weighted by molar-refractivity contribution is 6.76. The summed E-state index contributed by atoms with van der Waals surface area (Å²) >= 11 is 15.9. The standard InChI is InChI=1S/C11H8Cl3F3N4O5/c12-10(13,14)9(22)19-2-1-18-8-6(20(23)24)3-5(11(15,16)17)4-7(8)21(25)26/h3-4,18H,1-2H2,(H,19,22). The molecule has 144 valence electrons. The average molecular weight is 440 g/mol. The average Bonchev–Trinajstić information content (AvgIpc) is 2.48. The van der Waals surface area contributed by atoms with Gasteiger partial charge < -0.3 is 10.6 Å². The van der Waals surface area contributed by atoms with E-state index in [4.69, 9.17) is 34.8 Å². The lowest BCUT2D eigenvalue weighted by Crippen LogP contribution is -2.37. The molecule has 1 amide bonds. The summed E-state index contributed by atoms with van der Waals surface area (Å²) in [5, 5.41) is 26.3. The summed E-state index contributed by atoms with van der Waals surface area (Å²) in [6.07, 6.45) is -5.02. The number of hydrogen-bond donors (Lipinski definition) is 2. The molecule has 0 bridgehead atoms. The molecule has 0 aliphatic heterocycles. The molecule has 0 unspecified atom stereocenters. The van der Waals surface area contributed by atoms with Gasteiger partial charge in [-0.15, -0.1) is 0 Å². The van der Waals surface area contributed by atoms with Crippen LogP contribution in [0.4, 0.5) is 30.2 Å². The van der Waals surface area contributed by atoms with Crippen LogP contribution >= 0.6 is 34.8 Å². The Hall–Kier alpha value is -2.05. The maximum Gasteiger partial charge on any atom is 0.416 e. The lowest BCUT2D eigenvalue weighted by molar-refractivity contribution is -0.392. The third-order valence-corrected chi connectivity index (χ3v) is 3.30. The Morgan fingerprint density at radius 3 is 1.85 bits per heavy atom. The van der Waals surface area contributed by atoms with Gasteiger partial charge in [0.1, 0.15) is 0 Å². The number of nitro groups is 2. The van der Waals surface area contributed by atoms with E-state index in [0.29, 0.717) is 0 Å². The Bertz CT molecular complexity index is 704. The summed E-state index contributed by atoms with van der Waals surface area (Å²) in [6.45, 7) is -0.623. The molecule has 0 heterocycles. The summed E-state index contributed by atoms with van der Waals surface area (Å²) in [4.78, 5) is 30.9. The summed E-state index contributed by atoms with van der Waals surface area (Å²) in [6, 6.07) is 0.324. The molecule has 15 heteroatoms. The van der Waals surface area contributed by atoms with Crippen molar-refractivity contribution in [1.82, 2.24) is 5.32 Å². The first-order valence-electron chi connectivity index (χ1n) is 6.38. The number of hydrogen-bond acceptors (Lipinski definition) is 6. The van der Waals surface area contributed by atoms with Crippen molar-refractivity contribution in [3.8, 4) is 0 Å². The molecular formula is C11H8Cl3F3N4O5. The number of nitrogens with zero attached hydrogens (tertiary/aromatic N) is 2. The van der Waals surface area contributed by atoms with E-state index in [2.05, 4.69) is 10.6 Å². The maximum absolute atomic E-state index is 12.8. The topological polar surface area (TPSA) is 127 Å². The molecule has 0 radical (unpaired) electrons. The first kappa shape index (κ1) is 22.0. The quantitative estimate of drug-likeness (QED) is 0.303. The second-order valence-electron chi connectivity index (χ2n) is 4.58. The molecule has 0 fully saturated rings. The number of nitrogens with one attached hydrogen (secondary N) is 2. The largest absolute Gasteiger partial charge is 0.416 e. The zero-order chi connectivity index (χ0) is 20.3. The van der Waals surface area contributed by atoms with E-state index < -0.39 is 48.3 Å². The molecule has 0 aromatic heterocycles. The van der Waals surface area contributed by atoms with E-state index >= 15 is 0 Å². The van der Waals surface area contributed by atoms with Crippen LogP contribution in [0.25, 0.3) is 0 Å². The fourth-order valence-electron chi connectivity index (χ4n) is 1.71. The predicted octanol–water partition coefficient (Wildman–Crippen LogP) is 3.42. The summed E-state index contributed by atoms with van der Waals surface area (Å²) in [5.41, 5.74) is -4.61. The van der Waals surface area contributed by atoms with Crippen LogP contribution in [0.5, 0.6) is 0 Å². The number of rotatable bonds is 6. The van der Waals surface area contributed by atoms with Crippen molar-refractivity contribution < 1.29 is 27.8 Å². The SMILES string of the molecule is O=C(NCCNc1c([N+](=O)[O-])cc(C(F)(F)F)cc1[N+](=O)[O-])C(Cl)(Cl)Cl. The first-order chi connectivity index (χ1) is 11.7. The highest BCUT2D eigenvalue weighted by Gasteiger charge is 2.37. The minimum atomic E-state index is -5.02. The number of halogens is 6. The van der Waals surface area contributed by atoms with Crippen LogP contribution in [0.2, 0.25) is 0 Å². The van der Waals surface area contributed by atoms with Crippen molar-refractivity contribution in [2.24, 2.45) is 0 Å². The first-order valence-corrected chi connectivity index (χ1v) is 7.51. The molecule has 1 rings (SSSR count). The molecule has 0 aliphatic rings. The number of amides is 1. The summed E-state index contributed by atoms with van der Waals surface area (Å²) in [7, 11) is 0. The molecule has 0 atom stereocenters. The number of carbonyl (C=O) groups is 1. The van der Waals surface area contributed by atoms with Crippen molar-refractivity contribution in [1.29, 1.82) is 0 Å². The second kappa shape index (κ2) is 8.10. The predicted molar refractivity (Wildman–Crippen MR) is 86.5 cm³/mol. The lowest BCUT2D eigenvalue weighted by Gasteiger charge is -2.13. The maximum atomic E-state index is 12.8. The minimum absolute atomic E-state index is 0.162. The van der Waals surface area contributed by atoms with Crippen LogP contribution in [0.15, 0.2) is 12.1 Å². The molecular weight excluding hydrogens is 431 g/mol. The van der Waals surface area contributed by atoms with E-state index in [0.717, 1.165) is 0 Å². The van der Waals surface area contributed by atoms with Gasteiger partial charge in [-0.1, -0.05) is 34.8 Å².